The van der Waals surface area contributed by atoms with E-state index >= 15 is 0 Å². The molecule has 1 nitrogen and oxygen atoms in total. The van der Waals surface area contributed by atoms with E-state index in [9.17, 15) is 0 Å². The van der Waals surface area contributed by atoms with Crippen LogP contribution in [0, 0.1) is 6.42 Å². The summed E-state index contributed by atoms with van der Waals surface area (Å²) < 4.78 is 0. The number of hydrogen-bond donors (Lipinski definition) is 1. The summed E-state index contributed by atoms with van der Waals surface area (Å²) in [7, 11) is 0. The van der Waals surface area contributed by atoms with Gasteiger partial charge in [-0.2, -0.15) is 0 Å². The third kappa shape index (κ3) is 4.31. The topological polar surface area (TPSA) is 12.0 Å². The van der Waals surface area contributed by atoms with Crippen molar-refractivity contribution >= 4 is 5.69 Å². The maximum Gasteiger partial charge on any atom is 0.0342 e. The van der Waals surface area contributed by atoms with E-state index in [2.05, 4.69) is 49.9 Å². The Bertz CT molecular complexity index is 230. The Kier molecular flexibility index (Phi) is 5.13. The van der Waals surface area contributed by atoms with Crippen LogP contribution in [0.5, 0.6) is 0 Å². The Labute approximate surface area is 87.5 Å². The highest BCUT2D eigenvalue weighted by Crippen LogP contribution is 2.10. The number of unbranched alkanes of at least 4 members (excludes halogenated alkanes) is 2. The lowest BCUT2D eigenvalue weighted by Gasteiger charge is -2.14. The van der Waals surface area contributed by atoms with E-state index in [-0.39, 0.29) is 0 Å². The van der Waals surface area contributed by atoms with E-state index in [1.54, 1.807) is 0 Å². The molecule has 1 aromatic carbocycles. The van der Waals surface area contributed by atoms with Gasteiger partial charge >= 0.3 is 0 Å². The smallest absolute Gasteiger partial charge is 0.0342 e. The van der Waals surface area contributed by atoms with Gasteiger partial charge in [-0.25, -0.2) is 0 Å². The zero-order valence-corrected chi connectivity index (χ0v) is 9.16. The SMILES string of the molecule is C[CH]CCCC(C)Nc1ccccc1. The minimum absolute atomic E-state index is 0.567. The standard InChI is InChI=1S/C13H20N/c1-3-4-6-9-12(2)14-13-10-7-5-8-11-13/h3,5,7-8,10-12,14H,4,6,9H2,1-2H3. The van der Waals surface area contributed by atoms with E-state index in [0.29, 0.717) is 6.04 Å². The van der Waals surface area contributed by atoms with E-state index in [1.165, 1.54) is 24.9 Å². The summed E-state index contributed by atoms with van der Waals surface area (Å²) in [6.45, 7) is 4.36. The van der Waals surface area contributed by atoms with Crippen LogP contribution in [0.25, 0.3) is 0 Å². The average Bonchev–Trinajstić information content (AvgIpc) is 2.20. The van der Waals surface area contributed by atoms with E-state index < -0.39 is 0 Å². The summed E-state index contributed by atoms with van der Waals surface area (Å²) in [4.78, 5) is 0. The van der Waals surface area contributed by atoms with Crippen molar-refractivity contribution < 1.29 is 0 Å². The molecule has 77 valence electrons. The van der Waals surface area contributed by atoms with Gasteiger partial charge in [0, 0.05) is 11.7 Å². The summed E-state index contributed by atoms with van der Waals surface area (Å²) in [5.74, 6) is 0. The quantitative estimate of drug-likeness (QED) is 0.671. The highest BCUT2D eigenvalue weighted by molar-refractivity contribution is 5.43. The summed E-state index contributed by atoms with van der Waals surface area (Å²) in [6, 6.07) is 11.0. The first-order valence-electron chi connectivity index (χ1n) is 5.42. The monoisotopic (exact) mass is 190 g/mol. The van der Waals surface area contributed by atoms with Crippen molar-refractivity contribution in [2.75, 3.05) is 5.32 Å². The van der Waals surface area contributed by atoms with E-state index in [1.807, 2.05) is 6.07 Å². The first-order valence-corrected chi connectivity index (χ1v) is 5.42. The van der Waals surface area contributed by atoms with Crippen molar-refractivity contribution in [2.45, 2.75) is 39.2 Å². The van der Waals surface area contributed by atoms with Crippen LogP contribution in [0.15, 0.2) is 30.3 Å². The predicted octanol–water partition coefficient (Wildman–Crippen LogP) is 3.88. The van der Waals surface area contributed by atoms with Crippen molar-refractivity contribution in [3.63, 3.8) is 0 Å². The predicted molar refractivity (Wildman–Crippen MR) is 63.4 cm³/mol. The molecule has 0 aromatic heterocycles. The Morgan fingerprint density at radius 2 is 2.00 bits per heavy atom. The molecule has 1 heteroatoms. The number of benzene rings is 1. The number of nitrogens with one attached hydrogen (secondary N) is 1. The second-order valence-electron chi connectivity index (χ2n) is 3.75. The minimum atomic E-state index is 0.567. The van der Waals surface area contributed by atoms with Crippen LogP contribution in [0.4, 0.5) is 5.69 Å². The zero-order valence-electron chi connectivity index (χ0n) is 9.16. The van der Waals surface area contributed by atoms with Gasteiger partial charge in [-0.1, -0.05) is 38.0 Å². The third-order valence-corrected chi connectivity index (χ3v) is 2.32. The summed E-state index contributed by atoms with van der Waals surface area (Å²) in [5, 5.41) is 3.49. The van der Waals surface area contributed by atoms with Crippen molar-refractivity contribution in [3.8, 4) is 0 Å². The summed E-state index contributed by atoms with van der Waals surface area (Å²) >= 11 is 0. The minimum Gasteiger partial charge on any atom is -0.383 e. The van der Waals surface area contributed by atoms with Crippen molar-refractivity contribution in [3.05, 3.63) is 36.8 Å². The molecular weight excluding hydrogens is 170 g/mol. The van der Waals surface area contributed by atoms with Gasteiger partial charge in [-0.05, 0) is 31.9 Å². The lowest BCUT2D eigenvalue weighted by atomic mass is 10.1. The number of rotatable bonds is 6. The van der Waals surface area contributed by atoms with Crippen molar-refractivity contribution in [1.82, 2.24) is 0 Å². The summed E-state index contributed by atoms with van der Waals surface area (Å²) in [5.41, 5.74) is 1.22. The second-order valence-corrected chi connectivity index (χ2v) is 3.75. The van der Waals surface area contributed by atoms with Gasteiger partial charge in [0.15, 0.2) is 0 Å². The van der Waals surface area contributed by atoms with Crippen molar-refractivity contribution in [2.24, 2.45) is 0 Å². The average molecular weight is 190 g/mol. The van der Waals surface area contributed by atoms with Crippen LogP contribution in [-0.2, 0) is 0 Å². The Balaban J connectivity index is 2.23. The molecule has 14 heavy (non-hydrogen) atoms. The third-order valence-electron chi connectivity index (χ3n) is 2.32. The molecule has 0 fully saturated rings. The fraction of sp³-hybridized carbons (Fsp3) is 0.462. The summed E-state index contributed by atoms with van der Waals surface area (Å²) in [6.07, 6.45) is 5.97. The molecule has 1 unspecified atom stereocenters. The fourth-order valence-corrected chi connectivity index (χ4v) is 1.52. The van der Waals surface area contributed by atoms with Crippen molar-refractivity contribution in [1.29, 1.82) is 0 Å². The molecular formula is C13H20N. The Morgan fingerprint density at radius 1 is 1.29 bits per heavy atom. The molecule has 0 heterocycles. The zero-order chi connectivity index (χ0) is 10.2. The van der Waals surface area contributed by atoms with Gasteiger partial charge in [-0.3, -0.25) is 0 Å². The highest BCUT2D eigenvalue weighted by atomic mass is 14.9. The van der Waals surface area contributed by atoms with Crippen LogP contribution in [0.2, 0.25) is 0 Å². The van der Waals surface area contributed by atoms with Gasteiger partial charge in [-0.15, -0.1) is 0 Å². The van der Waals surface area contributed by atoms with E-state index in [4.69, 9.17) is 0 Å². The van der Waals surface area contributed by atoms with Gasteiger partial charge in [0.25, 0.3) is 0 Å². The number of anilines is 1. The Morgan fingerprint density at radius 3 is 2.64 bits per heavy atom. The van der Waals surface area contributed by atoms with Crippen LogP contribution in [0.3, 0.4) is 0 Å². The molecule has 0 saturated heterocycles. The molecule has 0 aliphatic heterocycles. The molecule has 1 aromatic rings. The molecule has 1 radical (unpaired) electrons. The molecule has 0 aliphatic rings. The number of hydrogen-bond acceptors (Lipinski definition) is 1. The van der Waals surface area contributed by atoms with Crippen LogP contribution < -0.4 is 5.32 Å². The molecule has 0 spiro atoms. The fourth-order valence-electron chi connectivity index (χ4n) is 1.52. The molecule has 0 aliphatic carbocycles. The molecule has 0 amide bonds. The first-order chi connectivity index (χ1) is 6.83. The van der Waals surface area contributed by atoms with Gasteiger partial charge < -0.3 is 5.32 Å². The largest absolute Gasteiger partial charge is 0.383 e. The molecule has 1 rings (SSSR count). The van der Waals surface area contributed by atoms with Gasteiger partial charge in [0.2, 0.25) is 0 Å². The lowest BCUT2D eigenvalue weighted by Crippen LogP contribution is -2.14. The number of para-hydroxylation sites is 1. The lowest BCUT2D eigenvalue weighted by molar-refractivity contribution is 0.651. The van der Waals surface area contributed by atoms with E-state index in [0.717, 1.165) is 0 Å². The van der Waals surface area contributed by atoms with Crippen LogP contribution in [-0.4, -0.2) is 6.04 Å². The maximum atomic E-state index is 3.49. The van der Waals surface area contributed by atoms with Gasteiger partial charge in [0.1, 0.15) is 0 Å². The molecule has 0 bridgehead atoms. The van der Waals surface area contributed by atoms with Crippen LogP contribution in [0.1, 0.15) is 33.1 Å². The van der Waals surface area contributed by atoms with Gasteiger partial charge in [0.05, 0.1) is 0 Å². The molecule has 0 saturated carbocycles. The van der Waals surface area contributed by atoms with Crippen LogP contribution >= 0.6 is 0 Å². The Hall–Kier alpha value is -0.980. The maximum absolute atomic E-state index is 3.49. The second kappa shape index (κ2) is 6.47. The molecule has 1 atom stereocenters. The normalized spacial score (nSPS) is 12.4. The highest BCUT2D eigenvalue weighted by Gasteiger charge is 2.00. The first kappa shape index (κ1) is 11.1. The molecule has 1 N–H and O–H groups in total.